The fourth-order valence-electron chi connectivity index (χ4n) is 4.00. The standard InChI is InChI=1S/C25H23N3OS/c1-17(26)24-22(18-9-4-2-5-10-18)23-21(30-24)15-27-25(19-11-6-3-7-12-19)28(23)16-20-13-8-14-29-20/h2-15,17,25H,16,26H2,1H3/t17-,25?/m0/s1. The van der Waals surface area contributed by atoms with Crippen LogP contribution in [0.25, 0.3) is 11.1 Å². The first-order valence-electron chi connectivity index (χ1n) is 10.1. The average Bonchev–Trinajstić information content (AvgIpc) is 3.43. The maximum absolute atomic E-state index is 6.42. The highest BCUT2D eigenvalue weighted by Crippen LogP contribution is 2.49. The Morgan fingerprint density at radius 2 is 1.77 bits per heavy atom. The lowest BCUT2D eigenvalue weighted by atomic mass is 9.99. The van der Waals surface area contributed by atoms with Gasteiger partial charge in [-0.1, -0.05) is 60.7 Å². The molecule has 4 nitrogen and oxygen atoms in total. The summed E-state index contributed by atoms with van der Waals surface area (Å²) in [7, 11) is 0. The summed E-state index contributed by atoms with van der Waals surface area (Å²) in [6, 6.07) is 24.8. The van der Waals surface area contributed by atoms with Gasteiger partial charge in [-0.05, 0) is 30.2 Å². The van der Waals surface area contributed by atoms with Gasteiger partial charge >= 0.3 is 0 Å². The number of hydrogen-bond donors (Lipinski definition) is 1. The van der Waals surface area contributed by atoms with Crippen LogP contribution in [0.3, 0.4) is 0 Å². The molecule has 5 rings (SSSR count). The Bertz CT molecular complexity index is 1150. The summed E-state index contributed by atoms with van der Waals surface area (Å²) in [5, 5.41) is 0. The Hall–Kier alpha value is -3.15. The number of furan rings is 1. The highest BCUT2D eigenvalue weighted by atomic mass is 32.1. The lowest BCUT2D eigenvalue weighted by Gasteiger charge is -2.34. The van der Waals surface area contributed by atoms with E-state index in [1.165, 1.54) is 21.7 Å². The lowest BCUT2D eigenvalue weighted by molar-refractivity contribution is 0.488. The molecule has 0 bridgehead atoms. The number of hydrogen-bond acceptors (Lipinski definition) is 5. The number of nitrogens with zero attached hydrogens (tertiary/aromatic N) is 2. The van der Waals surface area contributed by atoms with Gasteiger partial charge in [-0.2, -0.15) is 0 Å². The largest absolute Gasteiger partial charge is 0.467 e. The maximum Gasteiger partial charge on any atom is 0.147 e. The van der Waals surface area contributed by atoms with E-state index >= 15 is 0 Å². The van der Waals surface area contributed by atoms with Crippen LogP contribution in [0.15, 0.2) is 88.5 Å². The first-order valence-corrected chi connectivity index (χ1v) is 10.9. The number of fused-ring (bicyclic) bond motifs is 1. The van der Waals surface area contributed by atoms with E-state index < -0.39 is 0 Å². The van der Waals surface area contributed by atoms with E-state index in [0.717, 1.165) is 16.2 Å². The van der Waals surface area contributed by atoms with E-state index in [1.807, 2.05) is 37.4 Å². The topological polar surface area (TPSA) is 54.8 Å². The maximum atomic E-state index is 6.42. The number of aliphatic imine (C=N–C) groups is 1. The summed E-state index contributed by atoms with van der Waals surface area (Å²) in [6.45, 7) is 2.68. The van der Waals surface area contributed by atoms with E-state index in [0.29, 0.717) is 6.54 Å². The predicted molar refractivity (Wildman–Crippen MR) is 124 cm³/mol. The Morgan fingerprint density at radius 1 is 1.03 bits per heavy atom. The van der Waals surface area contributed by atoms with E-state index in [2.05, 4.69) is 53.4 Å². The highest BCUT2D eigenvalue weighted by Gasteiger charge is 2.32. The number of anilines is 1. The van der Waals surface area contributed by atoms with E-state index in [4.69, 9.17) is 15.1 Å². The predicted octanol–water partition coefficient (Wildman–Crippen LogP) is 6.17. The van der Waals surface area contributed by atoms with Crippen LogP contribution < -0.4 is 10.6 Å². The van der Waals surface area contributed by atoms with Crippen LogP contribution in [0, 0.1) is 0 Å². The Labute approximate surface area is 180 Å². The van der Waals surface area contributed by atoms with Crippen molar-refractivity contribution in [2.75, 3.05) is 4.90 Å². The van der Waals surface area contributed by atoms with Crippen molar-refractivity contribution in [1.82, 2.24) is 0 Å². The van der Waals surface area contributed by atoms with Crippen LogP contribution in [0.4, 0.5) is 5.69 Å². The van der Waals surface area contributed by atoms with E-state index in [1.54, 1.807) is 17.6 Å². The first kappa shape index (κ1) is 18.9. The van der Waals surface area contributed by atoms with Gasteiger partial charge in [0.25, 0.3) is 0 Å². The molecular formula is C25H23N3OS. The molecule has 0 fully saturated rings. The van der Waals surface area contributed by atoms with Crippen molar-refractivity contribution >= 4 is 23.2 Å². The van der Waals surface area contributed by atoms with Crippen LogP contribution >= 0.6 is 11.3 Å². The fraction of sp³-hybridized carbons (Fsp3) is 0.160. The Morgan fingerprint density at radius 3 is 2.43 bits per heavy atom. The summed E-state index contributed by atoms with van der Waals surface area (Å²) in [6.07, 6.45) is 3.61. The van der Waals surface area contributed by atoms with Gasteiger partial charge in [-0.25, -0.2) is 0 Å². The molecule has 2 N–H and O–H groups in total. The Balaban J connectivity index is 1.72. The van der Waals surface area contributed by atoms with Gasteiger partial charge in [-0.3, -0.25) is 4.99 Å². The number of benzene rings is 2. The summed E-state index contributed by atoms with van der Waals surface area (Å²) >= 11 is 1.73. The SMILES string of the molecule is C[C@H](N)c1sc2c(c1-c1ccccc1)N(Cc1ccco1)C(c1ccccc1)N=C2. The summed E-state index contributed by atoms with van der Waals surface area (Å²) in [5.74, 6) is 0.909. The zero-order chi connectivity index (χ0) is 20.5. The van der Waals surface area contributed by atoms with Gasteiger partial charge < -0.3 is 15.1 Å². The minimum absolute atomic E-state index is 0.0650. The van der Waals surface area contributed by atoms with Crippen LogP contribution in [-0.2, 0) is 6.54 Å². The van der Waals surface area contributed by atoms with E-state index in [9.17, 15) is 0 Å². The van der Waals surface area contributed by atoms with Crippen LogP contribution in [-0.4, -0.2) is 6.21 Å². The van der Waals surface area contributed by atoms with Gasteiger partial charge in [0, 0.05) is 22.7 Å². The molecule has 1 aliphatic rings. The quantitative estimate of drug-likeness (QED) is 0.426. The molecule has 0 aliphatic carbocycles. The third-order valence-corrected chi connectivity index (χ3v) is 6.65. The second-order valence-electron chi connectivity index (χ2n) is 7.48. The third-order valence-electron chi connectivity index (χ3n) is 5.33. The molecular weight excluding hydrogens is 390 g/mol. The summed E-state index contributed by atoms with van der Waals surface area (Å²) in [4.78, 5) is 9.60. The first-order chi connectivity index (χ1) is 14.7. The normalized spacial score (nSPS) is 16.5. The highest BCUT2D eigenvalue weighted by molar-refractivity contribution is 7.15. The molecule has 0 saturated carbocycles. The van der Waals surface area contributed by atoms with Gasteiger partial charge in [0.15, 0.2) is 0 Å². The molecule has 0 saturated heterocycles. The minimum Gasteiger partial charge on any atom is -0.467 e. The minimum atomic E-state index is -0.123. The zero-order valence-corrected chi connectivity index (χ0v) is 17.5. The molecule has 30 heavy (non-hydrogen) atoms. The molecule has 0 amide bonds. The fourth-order valence-corrected chi connectivity index (χ4v) is 5.17. The molecule has 150 valence electrons. The molecule has 0 radical (unpaired) electrons. The van der Waals surface area contributed by atoms with Crippen molar-refractivity contribution < 1.29 is 4.42 Å². The monoisotopic (exact) mass is 413 g/mol. The van der Waals surface area contributed by atoms with Crippen molar-refractivity contribution in [3.8, 4) is 11.1 Å². The number of nitrogens with two attached hydrogens (primary N) is 1. The van der Waals surface area contributed by atoms with Crippen molar-refractivity contribution in [3.05, 3.63) is 100 Å². The average molecular weight is 414 g/mol. The molecule has 2 atom stereocenters. The number of rotatable bonds is 5. The second kappa shape index (κ2) is 7.94. The lowest BCUT2D eigenvalue weighted by Crippen LogP contribution is -2.30. The van der Waals surface area contributed by atoms with Crippen LogP contribution in [0.2, 0.25) is 0 Å². The molecule has 1 aliphatic heterocycles. The van der Waals surface area contributed by atoms with Gasteiger partial charge in [0.2, 0.25) is 0 Å². The van der Waals surface area contributed by atoms with Gasteiger partial charge in [0.1, 0.15) is 11.9 Å². The van der Waals surface area contributed by atoms with Gasteiger partial charge in [-0.15, -0.1) is 11.3 Å². The Kier molecular flexibility index (Phi) is 4.99. The molecule has 3 heterocycles. The molecule has 4 aromatic rings. The van der Waals surface area contributed by atoms with Crippen molar-refractivity contribution in [2.24, 2.45) is 10.7 Å². The van der Waals surface area contributed by atoms with Crippen molar-refractivity contribution in [3.63, 3.8) is 0 Å². The van der Waals surface area contributed by atoms with Crippen LogP contribution in [0.1, 0.15) is 40.2 Å². The third kappa shape index (κ3) is 3.36. The van der Waals surface area contributed by atoms with E-state index in [-0.39, 0.29) is 12.2 Å². The summed E-state index contributed by atoms with van der Waals surface area (Å²) in [5.41, 5.74) is 11.1. The molecule has 5 heteroatoms. The molecule has 0 spiro atoms. The van der Waals surface area contributed by atoms with Crippen molar-refractivity contribution in [1.29, 1.82) is 0 Å². The van der Waals surface area contributed by atoms with Crippen LogP contribution in [0.5, 0.6) is 0 Å². The van der Waals surface area contributed by atoms with Gasteiger partial charge in [0.05, 0.1) is 23.4 Å². The summed E-state index contributed by atoms with van der Waals surface area (Å²) < 4.78 is 5.72. The molecule has 1 unspecified atom stereocenters. The smallest absolute Gasteiger partial charge is 0.147 e. The zero-order valence-electron chi connectivity index (χ0n) is 16.7. The molecule has 2 aromatic heterocycles. The second-order valence-corrected chi connectivity index (χ2v) is 8.56. The molecule has 2 aromatic carbocycles. The number of thiophene rings is 1. The van der Waals surface area contributed by atoms with Crippen molar-refractivity contribution in [2.45, 2.75) is 25.7 Å².